The molecule has 1 N–H and O–H groups in total. The number of hydrogen-bond donors (Lipinski definition) is 1. The summed E-state index contributed by atoms with van der Waals surface area (Å²) in [5.41, 5.74) is 4.29. The van der Waals surface area contributed by atoms with Crippen molar-refractivity contribution in [3.8, 4) is 0 Å². The molecule has 0 spiro atoms. The number of nitrogens with zero attached hydrogens (tertiary/aromatic N) is 2. The molecule has 1 aliphatic rings. The van der Waals surface area contributed by atoms with Crippen molar-refractivity contribution >= 4 is 11.8 Å². The molecule has 0 aliphatic carbocycles. The Morgan fingerprint density at radius 3 is 2.62 bits per heavy atom. The number of rotatable bonds is 3. The van der Waals surface area contributed by atoms with Crippen LogP contribution in [0.1, 0.15) is 48.3 Å². The second-order valence-electron chi connectivity index (χ2n) is 5.85. The largest absolute Gasteiger partial charge is 0.299 e. The minimum Gasteiger partial charge on any atom is -0.299 e. The predicted molar refractivity (Wildman–Crippen MR) is 80.8 cm³/mol. The van der Waals surface area contributed by atoms with Crippen molar-refractivity contribution in [3.63, 3.8) is 0 Å². The van der Waals surface area contributed by atoms with Crippen molar-refractivity contribution in [1.29, 1.82) is 0 Å². The average Bonchev–Trinajstić information content (AvgIpc) is 2.38. The average molecular weight is 289 g/mol. The van der Waals surface area contributed by atoms with Crippen molar-refractivity contribution in [1.82, 2.24) is 15.2 Å². The molecule has 2 unspecified atom stereocenters. The zero-order valence-electron chi connectivity index (χ0n) is 13.4. The summed E-state index contributed by atoms with van der Waals surface area (Å²) < 4.78 is 0. The first-order chi connectivity index (χ1) is 9.81. The van der Waals surface area contributed by atoms with Crippen molar-refractivity contribution in [2.24, 2.45) is 0 Å². The molecule has 2 heterocycles. The van der Waals surface area contributed by atoms with Crippen LogP contribution < -0.4 is 5.32 Å². The maximum absolute atomic E-state index is 12.2. The number of likely N-dealkylation sites (N-methyl/N-ethyl adjacent to an activating group) is 1. The number of imide groups is 1. The van der Waals surface area contributed by atoms with E-state index in [1.165, 1.54) is 10.5 Å². The highest BCUT2D eigenvalue weighted by Gasteiger charge is 2.32. The second kappa shape index (κ2) is 5.93. The third kappa shape index (κ3) is 3.13. The van der Waals surface area contributed by atoms with Crippen LogP contribution >= 0.6 is 0 Å². The van der Waals surface area contributed by atoms with Gasteiger partial charge >= 0.3 is 0 Å². The maximum atomic E-state index is 12.2. The SMILES string of the molecule is Cc1cc(C)c(C(C)NC2CCC(=O)N(C)C2=O)c(C)n1. The van der Waals surface area contributed by atoms with Gasteiger partial charge in [0.2, 0.25) is 11.8 Å². The minimum atomic E-state index is -0.303. The van der Waals surface area contributed by atoms with Gasteiger partial charge in [0.1, 0.15) is 0 Å². The van der Waals surface area contributed by atoms with E-state index < -0.39 is 0 Å². The summed E-state index contributed by atoms with van der Waals surface area (Å²) in [6.45, 7) is 8.07. The quantitative estimate of drug-likeness (QED) is 0.862. The number of carbonyl (C=O) groups excluding carboxylic acids is 2. The molecule has 2 amide bonds. The Morgan fingerprint density at radius 1 is 1.33 bits per heavy atom. The lowest BCUT2D eigenvalue weighted by molar-refractivity contribution is -0.148. The van der Waals surface area contributed by atoms with E-state index in [4.69, 9.17) is 0 Å². The van der Waals surface area contributed by atoms with Crippen molar-refractivity contribution < 1.29 is 9.59 Å². The van der Waals surface area contributed by atoms with Gasteiger partial charge in [0, 0.05) is 30.9 Å². The highest BCUT2D eigenvalue weighted by Crippen LogP contribution is 2.23. The Kier molecular flexibility index (Phi) is 4.42. The molecule has 1 aromatic rings. The van der Waals surface area contributed by atoms with Crippen LogP contribution in [-0.4, -0.2) is 34.8 Å². The first-order valence-corrected chi connectivity index (χ1v) is 7.32. The summed E-state index contributed by atoms with van der Waals surface area (Å²) >= 11 is 0. The first-order valence-electron chi connectivity index (χ1n) is 7.32. The summed E-state index contributed by atoms with van der Waals surface area (Å²) in [4.78, 5) is 29.4. The van der Waals surface area contributed by atoms with E-state index in [0.717, 1.165) is 17.0 Å². The number of aryl methyl sites for hydroxylation is 3. The molecule has 21 heavy (non-hydrogen) atoms. The molecule has 5 nitrogen and oxygen atoms in total. The minimum absolute atomic E-state index is 0.0219. The van der Waals surface area contributed by atoms with Gasteiger partial charge in [-0.05, 0) is 51.3 Å². The van der Waals surface area contributed by atoms with Crippen molar-refractivity contribution in [3.05, 3.63) is 28.6 Å². The van der Waals surface area contributed by atoms with Crippen LogP contribution in [0.4, 0.5) is 0 Å². The Hall–Kier alpha value is -1.75. The summed E-state index contributed by atoms with van der Waals surface area (Å²) in [6.07, 6.45) is 0.973. The lowest BCUT2D eigenvalue weighted by Gasteiger charge is -2.31. The van der Waals surface area contributed by atoms with Crippen LogP contribution in [-0.2, 0) is 9.59 Å². The van der Waals surface area contributed by atoms with Gasteiger partial charge in [-0.25, -0.2) is 0 Å². The van der Waals surface area contributed by atoms with Crippen LogP contribution in [0.25, 0.3) is 0 Å². The molecule has 1 saturated heterocycles. The Bertz CT molecular complexity index is 560. The fourth-order valence-electron chi connectivity index (χ4n) is 3.14. The topological polar surface area (TPSA) is 62.3 Å². The van der Waals surface area contributed by atoms with Gasteiger partial charge in [0.25, 0.3) is 0 Å². The van der Waals surface area contributed by atoms with Gasteiger partial charge in [0.05, 0.1) is 6.04 Å². The van der Waals surface area contributed by atoms with E-state index in [9.17, 15) is 9.59 Å². The molecular weight excluding hydrogens is 266 g/mol. The fourth-order valence-corrected chi connectivity index (χ4v) is 3.14. The van der Waals surface area contributed by atoms with Crippen molar-refractivity contribution in [2.75, 3.05) is 7.05 Å². The first kappa shape index (κ1) is 15.6. The van der Waals surface area contributed by atoms with E-state index >= 15 is 0 Å². The summed E-state index contributed by atoms with van der Waals surface area (Å²) in [5.74, 6) is -0.247. The predicted octanol–water partition coefficient (Wildman–Crippen LogP) is 1.80. The van der Waals surface area contributed by atoms with Gasteiger partial charge in [-0.3, -0.25) is 24.8 Å². The van der Waals surface area contributed by atoms with Crippen LogP contribution in [0.5, 0.6) is 0 Å². The van der Waals surface area contributed by atoms with Crippen LogP contribution in [0.3, 0.4) is 0 Å². The number of piperidine rings is 1. The molecule has 114 valence electrons. The number of pyridine rings is 1. The molecule has 2 rings (SSSR count). The van der Waals surface area contributed by atoms with Gasteiger partial charge < -0.3 is 0 Å². The molecule has 1 aliphatic heterocycles. The lowest BCUT2D eigenvalue weighted by Crippen LogP contribution is -2.52. The number of aromatic nitrogens is 1. The van der Waals surface area contributed by atoms with Gasteiger partial charge in [-0.15, -0.1) is 0 Å². The number of likely N-dealkylation sites (tertiary alicyclic amines) is 1. The van der Waals surface area contributed by atoms with Gasteiger partial charge in [-0.1, -0.05) is 0 Å². The molecular formula is C16H23N3O2. The lowest BCUT2D eigenvalue weighted by atomic mass is 9.97. The Balaban J connectivity index is 2.17. The third-order valence-electron chi connectivity index (χ3n) is 4.12. The molecule has 0 bridgehead atoms. The van der Waals surface area contributed by atoms with E-state index in [1.807, 2.05) is 20.8 Å². The number of carbonyl (C=O) groups is 2. The Morgan fingerprint density at radius 2 is 2.00 bits per heavy atom. The zero-order valence-corrected chi connectivity index (χ0v) is 13.4. The number of nitrogens with one attached hydrogen (secondary N) is 1. The maximum Gasteiger partial charge on any atom is 0.246 e. The van der Waals surface area contributed by atoms with E-state index in [1.54, 1.807) is 7.05 Å². The molecule has 5 heteroatoms. The van der Waals surface area contributed by atoms with Gasteiger partial charge in [0.15, 0.2) is 0 Å². The number of amides is 2. The van der Waals surface area contributed by atoms with Gasteiger partial charge in [-0.2, -0.15) is 0 Å². The van der Waals surface area contributed by atoms with E-state index in [2.05, 4.69) is 23.3 Å². The smallest absolute Gasteiger partial charge is 0.246 e. The van der Waals surface area contributed by atoms with Crippen LogP contribution in [0.15, 0.2) is 6.07 Å². The number of hydrogen-bond acceptors (Lipinski definition) is 4. The molecule has 0 radical (unpaired) electrons. The standard InChI is InChI=1S/C16H23N3O2/c1-9-8-10(2)17-11(3)15(9)12(4)18-13-6-7-14(20)19(5)16(13)21/h8,12-13,18H,6-7H2,1-5H3. The normalized spacial score (nSPS) is 20.8. The van der Waals surface area contributed by atoms with E-state index in [-0.39, 0.29) is 23.9 Å². The molecule has 1 fully saturated rings. The Labute approximate surface area is 125 Å². The molecule has 2 atom stereocenters. The monoisotopic (exact) mass is 289 g/mol. The van der Waals surface area contributed by atoms with E-state index in [0.29, 0.717) is 12.8 Å². The molecule has 1 aromatic heterocycles. The summed E-state index contributed by atoms with van der Waals surface area (Å²) in [5, 5.41) is 3.35. The van der Waals surface area contributed by atoms with Crippen molar-refractivity contribution in [2.45, 2.75) is 52.6 Å². The molecule has 0 aromatic carbocycles. The van der Waals surface area contributed by atoms with Crippen LogP contribution in [0, 0.1) is 20.8 Å². The third-order valence-corrected chi connectivity index (χ3v) is 4.12. The fraction of sp³-hybridized carbons (Fsp3) is 0.562. The van der Waals surface area contributed by atoms with Crippen LogP contribution in [0.2, 0.25) is 0 Å². The highest BCUT2D eigenvalue weighted by molar-refractivity contribution is 6.00. The zero-order chi connectivity index (χ0) is 15.7. The summed E-state index contributed by atoms with van der Waals surface area (Å²) in [7, 11) is 1.55. The summed E-state index contributed by atoms with van der Waals surface area (Å²) in [6, 6.07) is 1.77. The highest BCUT2D eigenvalue weighted by atomic mass is 16.2. The molecule has 0 saturated carbocycles. The second-order valence-corrected chi connectivity index (χ2v) is 5.85.